The average Bonchev–Trinajstić information content (AvgIpc) is 2.39. The molecule has 7 heteroatoms. The maximum Gasteiger partial charge on any atom is 0.220 e. The first-order valence-corrected chi connectivity index (χ1v) is 6.25. The molecule has 0 unspecified atom stereocenters. The highest BCUT2D eigenvalue weighted by Crippen LogP contribution is 2.09. The van der Waals surface area contributed by atoms with Gasteiger partial charge in [-0.25, -0.2) is 0 Å². The molecule has 0 fully saturated rings. The normalized spacial score (nSPS) is 17.4. The van der Waals surface area contributed by atoms with Crippen molar-refractivity contribution in [3.8, 4) is 0 Å². The number of nitrogens with one attached hydrogen (secondary N) is 1. The minimum atomic E-state index is -1.54. The monoisotopic (exact) mass is 277 g/mol. The highest BCUT2D eigenvalue weighted by atomic mass is 16.4. The standard InChI is InChI=1S/C12H23NO6/c1-3-8(7(2)15)4-11(18)13-5-9(16)12(19)10(17)6-14/h8-10,12,14,16-17,19H,3-6H2,1-2H3,(H,13,18)/t8-,9+,10-,12-/m1/s1. The van der Waals surface area contributed by atoms with E-state index in [0.717, 1.165) is 0 Å². The van der Waals surface area contributed by atoms with Crippen molar-refractivity contribution in [3.05, 3.63) is 0 Å². The molecule has 0 spiro atoms. The number of amides is 1. The van der Waals surface area contributed by atoms with Gasteiger partial charge in [-0.1, -0.05) is 6.92 Å². The fourth-order valence-corrected chi connectivity index (χ4v) is 1.58. The van der Waals surface area contributed by atoms with Crippen LogP contribution < -0.4 is 5.32 Å². The van der Waals surface area contributed by atoms with Gasteiger partial charge in [0.25, 0.3) is 0 Å². The predicted molar refractivity (Wildman–Crippen MR) is 67.2 cm³/mol. The molecule has 5 N–H and O–H groups in total. The minimum absolute atomic E-state index is 0.0250. The van der Waals surface area contributed by atoms with Crippen LogP contribution in [0.15, 0.2) is 0 Å². The van der Waals surface area contributed by atoms with Crippen LogP contribution in [0.3, 0.4) is 0 Å². The fraction of sp³-hybridized carbons (Fsp3) is 0.833. The largest absolute Gasteiger partial charge is 0.394 e. The van der Waals surface area contributed by atoms with E-state index in [-0.39, 0.29) is 24.7 Å². The first-order valence-electron chi connectivity index (χ1n) is 6.25. The molecule has 0 saturated heterocycles. The van der Waals surface area contributed by atoms with Gasteiger partial charge in [0.15, 0.2) is 0 Å². The first kappa shape index (κ1) is 18.0. The Balaban J connectivity index is 4.12. The smallest absolute Gasteiger partial charge is 0.220 e. The van der Waals surface area contributed by atoms with Crippen molar-refractivity contribution in [2.45, 2.75) is 45.0 Å². The van der Waals surface area contributed by atoms with Crippen molar-refractivity contribution < 1.29 is 30.0 Å². The first-order chi connectivity index (χ1) is 8.83. The summed E-state index contributed by atoms with van der Waals surface area (Å²) in [7, 11) is 0. The Bertz CT molecular complexity index is 296. The van der Waals surface area contributed by atoms with E-state index in [0.29, 0.717) is 6.42 Å². The van der Waals surface area contributed by atoms with Crippen LogP contribution in [0.1, 0.15) is 26.7 Å². The van der Waals surface area contributed by atoms with Gasteiger partial charge in [0.2, 0.25) is 5.91 Å². The summed E-state index contributed by atoms with van der Waals surface area (Å²) in [5.74, 6) is -0.842. The molecule has 0 heterocycles. The molecule has 0 aliphatic carbocycles. The van der Waals surface area contributed by atoms with Crippen molar-refractivity contribution in [2.24, 2.45) is 5.92 Å². The number of aliphatic hydroxyl groups is 4. The number of hydrogen-bond acceptors (Lipinski definition) is 6. The number of hydrogen-bond donors (Lipinski definition) is 5. The summed E-state index contributed by atoms with van der Waals surface area (Å²) in [5, 5.41) is 38.9. The van der Waals surface area contributed by atoms with Gasteiger partial charge in [-0.15, -0.1) is 0 Å². The zero-order valence-electron chi connectivity index (χ0n) is 11.2. The second kappa shape index (κ2) is 8.98. The molecular weight excluding hydrogens is 254 g/mol. The van der Waals surface area contributed by atoms with Crippen LogP contribution in [0.5, 0.6) is 0 Å². The molecule has 0 aromatic rings. The fourth-order valence-electron chi connectivity index (χ4n) is 1.58. The van der Waals surface area contributed by atoms with Crippen LogP contribution in [0.4, 0.5) is 0 Å². The van der Waals surface area contributed by atoms with Crippen LogP contribution in [0.25, 0.3) is 0 Å². The van der Waals surface area contributed by atoms with Crippen LogP contribution in [-0.4, -0.2) is 63.6 Å². The molecule has 0 rings (SSSR count). The van der Waals surface area contributed by atoms with Crippen molar-refractivity contribution in [1.29, 1.82) is 0 Å². The van der Waals surface area contributed by atoms with E-state index in [9.17, 15) is 19.8 Å². The third-order valence-electron chi connectivity index (χ3n) is 2.98. The maximum atomic E-state index is 11.5. The lowest BCUT2D eigenvalue weighted by Crippen LogP contribution is -2.46. The van der Waals surface area contributed by atoms with E-state index >= 15 is 0 Å². The molecule has 0 aliphatic heterocycles. The molecule has 0 aromatic heterocycles. The Kier molecular flexibility index (Phi) is 8.49. The Labute approximate surface area is 112 Å². The molecule has 1 amide bonds. The van der Waals surface area contributed by atoms with Gasteiger partial charge >= 0.3 is 0 Å². The average molecular weight is 277 g/mol. The Morgan fingerprint density at radius 2 is 1.74 bits per heavy atom. The van der Waals surface area contributed by atoms with E-state index in [1.54, 1.807) is 6.92 Å². The van der Waals surface area contributed by atoms with Crippen LogP contribution in [0.2, 0.25) is 0 Å². The lowest BCUT2D eigenvalue weighted by atomic mass is 9.98. The molecule has 0 radical (unpaired) electrons. The molecule has 4 atom stereocenters. The van der Waals surface area contributed by atoms with Crippen molar-refractivity contribution in [3.63, 3.8) is 0 Å². The number of rotatable bonds is 9. The molecule has 19 heavy (non-hydrogen) atoms. The summed E-state index contributed by atoms with van der Waals surface area (Å²) in [4.78, 5) is 22.7. The summed E-state index contributed by atoms with van der Waals surface area (Å²) in [6, 6.07) is 0. The van der Waals surface area contributed by atoms with E-state index in [1.165, 1.54) is 6.92 Å². The van der Waals surface area contributed by atoms with Crippen molar-refractivity contribution in [1.82, 2.24) is 5.32 Å². The lowest BCUT2D eigenvalue weighted by Gasteiger charge is -2.22. The Hall–Kier alpha value is -1.02. The zero-order chi connectivity index (χ0) is 15.0. The zero-order valence-corrected chi connectivity index (χ0v) is 11.2. The molecule has 7 nitrogen and oxygen atoms in total. The van der Waals surface area contributed by atoms with Gasteiger partial charge < -0.3 is 25.7 Å². The third kappa shape index (κ3) is 6.63. The third-order valence-corrected chi connectivity index (χ3v) is 2.98. The van der Waals surface area contributed by atoms with Gasteiger partial charge in [-0.05, 0) is 13.3 Å². The quantitative estimate of drug-likeness (QED) is 0.338. The highest BCUT2D eigenvalue weighted by molar-refractivity contribution is 5.85. The summed E-state index contributed by atoms with van der Waals surface area (Å²) >= 11 is 0. The van der Waals surface area contributed by atoms with E-state index in [4.69, 9.17) is 10.2 Å². The minimum Gasteiger partial charge on any atom is -0.394 e. The van der Waals surface area contributed by atoms with Gasteiger partial charge in [-0.3, -0.25) is 9.59 Å². The molecule has 0 aliphatic rings. The SMILES string of the molecule is CC[C@H](CC(=O)NC[C@H](O)[C@@H](O)[C@H](O)CO)C(C)=O. The molecule has 0 saturated carbocycles. The predicted octanol–water partition coefficient (Wildman–Crippen LogP) is -1.82. The summed E-state index contributed by atoms with van der Waals surface area (Å²) < 4.78 is 0. The molecule has 112 valence electrons. The summed E-state index contributed by atoms with van der Waals surface area (Å²) in [6.07, 6.45) is -3.81. The maximum absolute atomic E-state index is 11.5. The van der Waals surface area contributed by atoms with Gasteiger partial charge in [0.1, 0.15) is 18.0 Å². The number of carbonyl (C=O) groups is 2. The van der Waals surface area contributed by atoms with Crippen LogP contribution in [0, 0.1) is 5.92 Å². The van der Waals surface area contributed by atoms with E-state index < -0.39 is 30.8 Å². The van der Waals surface area contributed by atoms with Crippen LogP contribution >= 0.6 is 0 Å². The van der Waals surface area contributed by atoms with Crippen LogP contribution in [-0.2, 0) is 9.59 Å². The van der Waals surface area contributed by atoms with Crippen molar-refractivity contribution >= 4 is 11.7 Å². The molecule has 0 aromatic carbocycles. The van der Waals surface area contributed by atoms with E-state index in [2.05, 4.69) is 5.32 Å². The Morgan fingerprint density at radius 3 is 2.16 bits per heavy atom. The van der Waals surface area contributed by atoms with Gasteiger partial charge in [-0.2, -0.15) is 0 Å². The topological polar surface area (TPSA) is 127 Å². The number of ketones is 1. The second-order valence-corrected chi connectivity index (χ2v) is 4.53. The highest BCUT2D eigenvalue weighted by Gasteiger charge is 2.25. The number of carbonyl (C=O) groups excluding carboxylic acids is 2. The number of aliphatic hydroxyl groups excluding tert-OH is 4. The summed E-state index contributed by atoms with van der Waals surface area (Å²) in [6.45, 7) is 2.27. The van der Waals surface area contributed by atoms with Gasteiger partial charge in [0.05, 0.1) is 12.7 Å². The summed E-state index contributed by atoms with van der Waals surface area (Å²) in [5.41, 5.74) is 0. The molecular formula is C12H23NO6. The van der Waals surface area contributed by atoms with E-state index in [1.807, 2.05) is 0 Å². The Morgan fingerprint density at radius 1 is 1.16 bits per heavy atom. The second-order valence-electron chi connectivity index (χ2n) is 4.53. The molecule has 0 bridgehead atoms. The lowest BCUT2D eigenvalue weighted by molar-refractivity contribution is -0.128. The van der Waals surface area contributed by atoms with Crippen molar-refractivity contribution in [2.75, 3.05) is 13.2 Å². The van der Waals surface area contributed by atoms with Gasteiger partial charge in [0, 0.05) is 18.9 Å². The number of Topliss-reactive ketones (excluding diaryl/α,β-unsaturated/α-hetero) is 1.